The van der Waals surface area contributed by atoms with Crippen molar-refractivity contribution in [3.63, 3.8) is 0 Å². The van der Waals surface area contributed by atoms with Crippen LogP contribution in [0.15, 0.2) is 84.9 Å². The summed E-state index contributed by atoms with van der Waals surface area (Å²) in [6.07, 6.45) is 0. The third-order valence-electron chi connectivity index (χ3n) is 6.07. The molecule has 0 bridgehead atoms. The van der Waals surface area contributed by atoms with Gasteiger partial charge in [-0.05, 0) is 36.9 Å². The van der Waals surface area contributed by atoms with Crippen LogP contribution in [0.25, 0.3) is 32.6 Å². The largest absolute Gasteiger partial charge is 0.371 e. The molecule has 0 aliphatic carbocycles. The molecule has 1 aromatic heterocycles. The maximum absolute atomic E-state index is 2.49. The van der Waals surface area contributed by atoms with Gasteiger partial charge in [0.2, 0.25) is 0 Å². The third kappa shape index (κ3) is 2.87. The van der Waals surface area contributed by atoms with Gasteiger partial charge in [-0.25, -0.2) is 0 Å². The van der Waals surface area contributed by atoms with Gasteiger partial charge in [-0.15, -0.1) is 0 Å². The molecule has 0 aliphatic heterocycles. The van der Waals surface area contributed by atoms with Gasteiger partial charge in [-0.3, -0.25) is 0 Å². The van der Waals surface area contributed by atoms with Gasteiger partial charge in [0.1, 0.15) is 0 Å². The Morgan fingerprint density at radius 1 is 0.621 bits per heavy atom. The van der Waals surface area contributed by atoms with Crippen molar-refractivity contribution in [3.8, 4) is 0 Å². The Morgan fingerprint density at radius 2 is 1.17 bits per heavy atom. The number of hydrogen-bond donors (Lipinski definition) is 0. The molecule has 144 valence electrons. The molecule has 2 nitrogen and oxygen atoms in total. The maximum atomic E-state index is 2.49. The van der Waals surface area contributed by atoms with Gasteiger partial charge in [-0.1, -0.05) is 72.8 Å². The van der Waals surface area contributed by atoms with Crippen LogP contribution < -0.4 is 4.90 Å². The van der Waals surface area contributed by atoms with Crippen molar-refractivity contribution in [2.45, 2.75) is 20.4 Å². The second-order valence-corrected chi connectivity index (χ2v) is 7.59. The fourth-order valence-electron chi connectivity index (χ4n) is 4.69. The fourth-order valence-corrected chi connectivity index (χ4v) is 4.69. The summed E-state index contributed by atoms with van der Waals surface area (Å²) in [5.74, 6) is 0. The molecule has 0 amide bonds. The summed E-state index contributed by atoms with van der Waals surface area (Å²) in [4.78, 5) is 2.49. The minimum Gasteiger partial charge on any atom is -0.371 e. The molecular formula is C27H26N2. The number of rotatable bonds is 5. The van der Waals surface area contributed by atoms with Crippen LogP contribution in [0, 0.1) is 0 Å². The van der Waals surface area contributed by atoms with Crippen molar-refractivity contribution >= 4 is 38.3 Å². The summed E-state index contributed by atoms with van der Waals surface area (Å²) < 4.78 is 2.47. The molecule has 5 rings (SSSR count). The van der Waals surface area contributed by atoms with Crippen molar-refractivity contribution in [2.75, 3.05) is 18.0 Å². The monoisotopic (exact) mass is 378 g/mol. The van der Waals surface area contributed by atoms with Crippen LogP contribution in [0.5, 0.6) is 0 Å². The second kappa shape index (κ2) is 7.29. The molecule has 4 aromatic carbocycles. The first-order valence-electron chi connectivity index (χ1n) is 10.5. The number of nitrogens with zero attached hydrogens (tertiary/aromatic N) is 2. The zero-order chi connectivity index (χ0) is 19.8. The molecule has 5 aromatic rings. The molecule has 0 saturated carbocycles. The predicted octanol–water partition coefficient (Wildman–Crippen LogP) is 6.84. The Morgan fingerprint density at radius 3 is 1.79 bits per heavy atom. The highest BCUT2D eigenvalue weighted by Crippen LogP contribution is 2.34. The van der Waals surface area contributed by atoms with Crippen LogP contribution in [-0.2, 0) is 6.54 Å². The molecule has 0 aliphatic rings. The van der Waals surface area contributed by atoms with Crippen molar-refractivity contribution in [1.29, 1.82) is 0 Å². The zero-order valence-corrected chi connectivity index (χ0v) is 17.1. The van der Waals surface area contributed by atoms with E-state index in [1.807, 2.05) is 0 Å². The van der Waals surface area contributed by atoms with Crippen LogP contribution in [-0.4, -0.2) is 17.7 Å². The fraction of sp³-hybridized carbons (Fsp3) is 0.185. The molecular weight excluding hydrogens is 352 g/mol. The number of para-hydroxylation sites is 2. The molecule has 0 atom stereocenters. The first-order chi connectivity index (χ1) is 14.3. The van der Waals surface area contributed by atoms with Crippen molar-refractivity contribution in [3.05, 3.63) is 90.5 Å². The van der Waals surface area contributed by atoms with E-state index in [0.717, 1.165) is 19.6 Å². The van der Waals surface area contributed by atoms with Gasteiger partial charge in [0.05, 0.1) is 6.54 Å². The van der Waals surface area contributed by atoms with Crippen LogP contribution in [0.1, 0.15) is 19.4 Å². The van der Waals surface area contributed by atoms with Gasteiger partial charge in [0.25, 0.3) is 0 Å². The van der Waals surface area contributed by atoms with Crippen LogP contribution in [0.2, 0.25) is 0 Å². The number of aromatic nitrogens is 1. The van der Waals surface area contributed by atoms with Crippen LogP contribution in [0.4, 0.5) is 5.69 Å². The maximum Gasteiger partial charge on any atom is 0.0502 e. The van der Waals surface area contributed by atoms with Crippen molar-refractivity contribution in [1.82, 2.24) is 4.57 Å². The topological polar surface area (TPSA) is 8.17 Å². The van der Waals surface area contributed by atoms with E-state index in [0.29, 0.717) is 0 Å². The third-order valence-corrected chi connectivity index (χ3v) is 6.07. The molecule has 0 fully saturated rings. The lowest BCUT2D eigenvalue weighted by Gasteiger charge is -2.26. The van der Waals surface area contributed by atoms with Crippen LogP contribution in [0.3, 0.4) is 0 Å². The van der Waals surface area contributed by atoms with E-state index in [1.54, 1.807) is 0 Å². The van der Waals surface area contributed by atoms with Crippen molar-refractivity contribution < 1.29 is 0 Å². The molecule has 0 unspecified atom stereocenters. The van der Waals surface area contributed by atoms with Gasteiger partial charge >= 0.3 is 0 Å². The molecule has 0 N–H and O–H groups in total. The SMILES string of the molecule is CCN(CC)c1c(Cn2c3ccccc3c3ccccc32)ccc2ccccc12. The summed E-state index contributed by atoms with van der Waals surface area (Å²) in [5.41, 5.74) is 5.34. The molecule has 2 heteroatoms. The van der Waals surface area contributed by atoms with E-state index < -0.39 is 0 Å². The predicted molar refractivity (Wildman–Crippen MR) is 126 cm³/mol. The Kier molecular flexibility index (Phi) is 4.48. The molecule has 0 spiro atoms. The van der Waals surface area contributed by atoms with E-state index in [2.05, 4.69) is 108 Å². The number of benzene rings is 4. The Hall–Kier alpha value is -3.26. The molecule has 0 radical (unpaired) electrons. The van der Waals surface area contributed by atoms with Crippen LogP contribution >= 0.6 is 0 Å². The van der Waals surface area contributed by atoms with E-state index >= 15 is 0 Å². The van der Waals surface area contributed by atoms with E-state index in [9.17, 15) is 0 Å². The number of fused-ring (bicyclic) bond motifs is 4. The van der Waals surface area contributed by atoms with Crippen molar-refractivity contribution in [2.24, 2.45) is 0 Å². The highest BCUT2D eigenvalue weighted by atomic mass is 15.1. The van der Waals surface area contributed by atoms with Gasteiger partial charge in [0.15, 0.2) is 0 Å². The smallest absolute Gasteiger partial charge is 0.0502 e. The average Bonchev–Trinajstić information content (AvgIpc) is 3.09. The van der Waals surface area contributed by atoms with Gasteiger partial charge in [0, 0.05) is 46.0 Å². The van der Waals surface area contributed by atoms with E-state index in [1.165, 1.54) is 43.8 Å². The Labute approximate surface area is 172 Å². The summed E-state index contributed by atoms with van der Waals surface area (Å²) in [5, 5.41) is 5.30. The molecule has 1 heterocycles. The minimum atomic E-state index is 0.866. The quantitative estimate of drug-likeness (QED) is 0.325. The minimum absolute atomic E-state index is 0.866. The Bertz CT molecular complexity index is 1260. The lowest BCUT2D eigenvalue weighted by molar-refractivity contribution is 0.828. The van der Waals surface area contributed by atoms with Gasteiger partial charge in [-0.2, -0.15) is 0 Å². The summed E-state index contributed by atoms with van der Waals surface area (Å²) in [7, 11) is 0. The Balaban J connectivity index is 1.76. The summed E-state index contributed by atoms with van der Waals surface area (Å²) in [6, 6.07) is 30.9. The first kappa shape index (κ1) is 17.8. The zero-order valence-electron chi connectivity index (χ0n) is 17.1. The summed E-state index contributed by atoms with van der Waals surface area (Å²) >= 11 is 0. The standard InChI is InChI=1S/C27H26N2/c1-3-28(4-2)27-21(18-17-20-11-5-6-12-22(20)27)19-29-25-15-9-7-13-23(25)24-14-8-10-16-26(24)29/h5-18H,3-4,19H2,1-2H3. The second-order valence-electron chi connectivity index (χ2n) is 7.59. The molecule has 29 heavy (non-hydrogen) atoms. The average molecular weight is 379 g/mol. The van der Waals surface area contributed by atoms with Gasteiger partial charge < -0.3 is 9.47 Å². The lowest BCUT2D eigenvalue weighted by atomic mass is 10.0. The highest BCUT2D eigenvalue weighted by Gasteiger charge is 2.16. The van der Waals surface area contributed by atoms with E-state index in [4.69, 9.17) is 0 Å². The molecule has 0 saturated heterocycles. The summed E-state index contributed by atoms with van der Waals surface area (Å²) in [6.45, 7) is 7.37. The van der Waals surface area contributed by atoms with E-state index in [-0.39, 0.29) is 0 Å². The normalized spacial score (nSPS) is 11.5. The lowest BCUT2D eigenvalue weighted by Crippen LogP contribution is -2.24. The highest BCUT2D eigenvalue weighted by molar-refractivity contribution is 6.08. The number of hydrogen-bond acceptors (Lipinski definition) is 1. The number of anilines is 1. The first-order valence-corrected chi connectivity index (χ1v) is 10.5.